The van der Waals surface area contributed by atoms with Gasteiger partial charge < -0.3 is 0 Å². The molecule has 0 aromatic rings. The molecular weight excluding hydrogens is 87.5 g/mol. The summed E-state index contributed by atoms with van der Waals surface area (Å²) in [4.78, 5) is 0. The highest BCUT2D eigenvalue weighted by molar-refractivity contribution is 5.85. The molecule has 0 aromatic heterocycles. The lowest BCUT2D eigenvalue weighted by Gasteiger charge is -1.91. The fourth-order valence-corrected chi connectivity index (χ4v) is 0. The number of hydrazine groups is 1. The largest absolute Gasteiger partial charge is 0.269 e. The molecule has 0 bridgehead atoms. The van der Waals surface area contributed by atoms with Crippen LogP contribution >= 0.6 is 12.3 Å². The lowest BCUT2D eigenvalue weighted by molar-refractivity contribution is 0.432. The molecule has 0 aliphatic rings. The molecule has 2 nitrogen and oxygen atoms in total. The van der Waals surface area contributed by atoms with E-state index in [4.69, 9.17) is 12.2 Å². The SMILES string of the molecule is [2H]Cl.[2H]N([2H])N(C([2H])([2H])[2H])C([2H])([2H])[2H]. The molecule has 0 rings (SSSR count). The fraction of sp³-hybridized carbons (Fsp3) is 1.00. The first-order valence-electron chi connectivity index (χ1n) is 4.92. The van der Waals surface area contributed by atoms with Crippen molar-refractivity contribution in [2.75, 3.05) is 14.0 Å². The molecule has 0 unspecified atom stereocenters. The molecule has 0 radical (unpaired) electrons. The topological polar surface area (TPSA) is 29.3 Å². The summed E-state index contributed by atoms with van der Waals surface area (Å²) >= 11 is 3.89. The van der Waals surface area contributed by atoms with Crippen LogP contribution in [0.3, 0.4) is 0 Å². The van der Waals surface area contributed by atoms with Crippen LogP contribution < -0.4 is 5.83 Å². The first kappa shape index (κ1) is 0.619. The van der Waals surface area contributed by atoms with Gasteiger partial charge in [-0.3, -0.25) is 10.8 Å². The van der Waals surface area contributed by atoms with Crippen LogP contribution in [-0.2, 0) is 0 Å². The Balaban J connectivity index is 0. The molecule has 0 spiro atoms. The third-order valence-corrected chi connectivity index (χ3v) is 0. The van der Waals surface area contributed by atoms with Crippen LogP contribution in [0.2, 0.25) is 2.82 Å². The van der Waals surface area contributed by atoms with E-state index in [9.17, 15) is 0 Å². The molecule has 2 N–H and O–H groups in total. The molecule has 0 saturated heterocycles. The Labute approximate surface area is 50.8 Å². The summed E-state index contributed by atoms with van der Waals surface area (Å²) in [5.74, 6) is -0.458. The molecule has 0 aliphatic heterocycles. The number of hydrogen-bond donors (Lipinski definition) is 1. The van der Waals surface area contributed by atoms with Gasteiger partial charge in [0, 0.05) is 22.2 Å². The highest BCUT2D eigenvalue weighted by Crippen LogP contribution is 1.37. The summed E-state index contributed by atoms with van der Waals surface area (Å²) < 4.78 is 58.5. The Bertz CT molecular complexity index is 136. The Hall–Kier alpha value is 0.210. The molecule has 0 heterocycles. The van der Waals surface area contributed by atoms with E-state index in [2.05, 4.69) is 12.3 Å². The second-order valence-corrected chi connectivity index (χ2v) is 0.312. The van der Waals surface area contributed by atoms with Gasteiger partial charge in [0.05, 0.1) is 0 Å². The van der Waals surface area contributed by atoms with Gasteiger partial charge in [0.25, 0.3) is 0 Å². The molecule has 0 saturated carbocycles. The quantitative estimate of drug-likeness (QED) is 0.371. The number of halogens is 1. The molecule has 0 atom stereocenters. The first-order valence-corrected chi connectivity index (χ1v) is 0.647. The monoisotopic (exact) mass is 105 g/mol. The van der Waals surface area contributed by atoms with Crippen molar-refractivity contribution in [2.24, 2.45) is 5.83 Å². The third kappa shape index (κ3) is 466. The Morgan fingerprint density at radius 2 is 2.80 bits per heavy atom. The van der Waals surface area contributed by atoms with E-state index in [1.165, 1.54) is 0 Å². The van der Waals surface area contributed by atoms with Crippen LogP contribution in [0.25, 0.3) is 0 Å². The van der Waals surface area contributed by atoms with Crippen LogP contribution in [0.5, 0.6) is 0 Å². The smallest absolute Gasteiger partial charge is 0.147 e. The third-order valence-electron chi connectivity index (χ3n) is 0. The van der Waals surface area contributed by atoms with Gasteiger partial charge in [-0.1, -0.05) is 0 Å². The maximum Gasteiger partial charge on any atom is 0.147 e. The van der Waals surface area contributed by atoms with Crippen LogP contribution in [0.1, 0.15) is 8.22 Å². The van der Waals surface area contributed by atoms with Gasteiger partial charge in [-0.05, 0) is 0 Å². The van der Waals surface area contributed by atoms with Crippen LogP contribution in [0.4, 0.5) is 0 Å². The zero-order valence-corrected chi connectivity index (χ0v) is 3.03. The zero-order valence-electron chi connectivity index (χ0n) is 11.3. The van der Waals surface area contributed by atoms with E-state index in [0.717, 1.165) is 0 Å². The van der Waals surface area contributed by atoms with Crippen molar-refractivity contribution in [2.45, 2.75) is 0 Å². The van der Waals surface area contributed by atoms with Crippen molar-refractivity contribution in [3.8, 4) is 0 Å². The summed E-state index contributed by atoms with van der Waals surface area (Å²) in [6, 6.07) is 0. The minimum absolute atomic E-state index is 0.292. The molecular formula is C2H9ClN2. The molecule has 0 aliphatic carbocycles. The van der Waals surface area contributed by atoms with E-state index in [1.807, 2.05) is 0 Å². The number of nitrogens with zero attached hydrogens (tertiary/aromatic N) is 1. The predicted octanol–water partition coefficient (Wildman–Crippen LogP) is -0.156. The van der Waals surface area contributed by atoms with Gasteiger partial charge in [-0.15, -0.1) is 12.3 Å². The molecule has 0 aromatic carbocycles. The van der Waals surface area contributed by atoms with Crippen molar-refractivity contribution < 1.29 is 11.0 Å². The lowest BCUT2D eigenvalue weighted by atomic mass is 11.2. The van der Waals surface area contributed by atoms with Crippen molar-refractivity contribution in [3.63, 3.8) is 0 Å². The van der Waals surface area contributed by atoms with E-state index >= 15 is 0 Å². The molecule has 0 fully saturated rings. The van der Waals surface area contributed by atoms with Crippen LogP contribution in [0.15, 0.2) is 0 Å². The second kappa shape index (κ2) is 4.21. The van der Waals surface area contributed by atoms with Gasteiger partial charge in [0.1, 0.15) is 4.00 Å². The summed E-state index contributed by atoms with van der Waals surface area (Å²) in [6.07, 6.45) is 0. The highest BCUT2D eigenvalue weighted by Gasteiger charge is 1.57. The minimum atomic E-state index is -3.01. The maximum absolute atomic E-state index is 6.69. The Morgan fingerprint density at radius 1 is 2.20 bits per heavy atom. The minimum Gasteiger partial charge on any atom is -0.269 e. The van der Waals surface area contributed by atoms with Crippen molar-refractivity contribution in [1.82, 2.24) is 5.01 Å². The zero-order chi connectivity index (χ0) is 12.2. The predicted molar refractivity (Wildman–Crippen MR) is 25.1 cm³/mol. The fourth-order valence-electron chi connectivity index (χ4n) is 0. The number of nitrogens with two attached hydrogens (primary N) is 1. The van der Waals surface area contributed by atoms with Gasteiger partial charge >= 0.3 is 0 Å². The van der Waals surface area contributed by atoms with Crippen molar-refractivity contribution in [3.05, 3.63) is 0 Å². The summed E-state index contributed by atoms with van der Waals surface area (Å²) in [6.45, 7) is -6.01. The Kier molecular flexibility index (Phi) is 0.522. The maximum atomic E-state index is 6.69. The number of rotatable bonds is 1. The van der Waals surface area contributed by atoms with Gasteiger partial charge in [-0.25, -0.2) is 0 Å². The first-order chi connectivity index (χ1) is 6.07. The Morgan fingerprint density at radius 3 is 2.80 bits per heavy atom. The summed E-state index contributed by atoms with van der Waals surface area (Å²) in [5.41, 5.74) is 0. The average Bonchev–Trinajstić information content (AvgIpc) is 1.82. The van der Waals surface area contributed by atoms with E-state index in [0.29, 0.717) is 0 Å². The summed E-state index contributed by atoms with van der Waals surface area (Å²) in [5, 5.41) is -0.292. The highest BCUT2D eigenvalue weighted by atomic mass is 35.5. The molecule has 3 heteroatoms. The standard InChI is InChI=1S/C2H8N2.ClH/c1-4(2)3;/h3H2,1-2H3;1H/i1D3,2D3;/hD3. The van der Waals surface area contributed by atoms with E-state index < -0.39 is 19.8 Å². The number of hydrogen-bond acceptors (Lipinski definition) is 2. The molecule has 5 heavy (non-hydrogen) atoms. The molecule has 0 amide bonds. The van der Waals surface area contributed by atoms with Crippen molar-refractivity contribution >= 4 is 12.3 Å². The summed E-state index contributed by atoms with van der Waals surface area (Å²) in [7, 11) is 0. The van der Waals surface area contributed by atoms with E-state index in [1.54, 1.807) is 0 Å². The van der Waals surface area contributed by atoms with Gasteiger partial charge in [-0.2, -0.15) is 0 Å². The second-order valence-electron chi connectivity index (χ2n) is 0.312. The van der Waals surface area contributed by atoms with Crippen LogP contribution in [-0.4, -0.2) is 20.1 Å². The van der Waals surface area contributed by atoms with Crippen LogP contribution in [0, 0.1) is 0 Å². The lowest BCUT2D eigenvalue weighted by Crippen LogP contribution is -2.18. The van der Waals surface area contributed by atoms with Gasteiger partial charge in [0.2, 0.25) is 0 Å². The average molecular weight is 106 g/mol. The van der Waals surface area contributed by atoms with E-state index in [-0.39, 0.29) is 5.01 Å². The van der Waals surface area contributed by atoms with Crippen molar-refractivity contribution in [1.29, 1.82) is 1.17 Å². The molecule has 34 valence electrons. The van der Waals surface area contributed by atoms with Gasteiger partial charge in [0.15, 0.2) is 0 Å². The normalized spacial score (nSPS) is 37.8.